The molecule has 0 aromatic heterocycles. The van der Waals surface area contributed by atoms with Gasteiger partial charge >= 0.3 is 12.2 Å². The quantitative estimate of drug-likeness (QED) is 0.0129. The van der Waals surface area contributed by atoms with E-state index in [0.717, 1.165) is 95.5 Å². The molecule has 6 aromatic carbocycles. The first kappa shape index (κ1) is 76.5. The molecule has 18 nitrogen and oxygen atoms in total. The highest BCUT2D eigenvalue weighted by Gasteiger charge is 2.45. The minimum Gasteiger partial charge on any atom is -0.453 e. The lowest BCUT2D eigenvalue weighted by molar-refractivity contribution is -0.176. The zero-order valence-electron chi connectivity index (χ0n) is 54.9. The fraction of sp³-hybridized carbons (Fsp3) is 0.444. The summed E-state index contributed by atoms with van der Waals surface area (Å²) in [6, 6.07) is 42.9. The van der Waals surface area contributed by atoms with E-state index in [1.165, 1.54) is 26.0 Å². The Kier molecular flexibility index (Phi) is 31.1. The number of likely N-dealkylation sites (tertiary alicyclic amines) is 2. The second kappa shape index (κ2) is 38.3. The van der Waals surface area contributed by atoms with Crippen LogP contribution in [-0.2, 0) is 56.4 Å². The smallest absolute Gasteiger partial charge is 0.406 e. The van der Waals surface area contributed by atoms with Gasteiger partial charge in [-0.3, -0.25) is 20.1 Å². The number of thioether (sulfide) groups is 1. The van der Waals surface area contributed by atoms with Crippen LogP contribution in [0.1, 0.15) is 119 Å². The van der Waals surface area contributed by atoms with Crippen LogP contribution in [0.4, 0.5) is 9.59 Å². The molecule has 0 aliphatic carbocycles. The average Bonchev–Trinajstić information content (AvgIpc) is 0.768. The van der Waals surface area contributed by atoms with Crippen molar-refractivity contribution in [3.05, 3.63) is 188 Å². The van der Waals surface area contributed by atoms with Crippen molar-refractivity contribution in [1.29, 1.82) is 0 Å². The number of alkyl carbamates (subject to hydrolysis) is 2. The average molecular weight is 1370 g/mol. The number of sulfone groups is 1. The van der Waals surface area contributed by atoms with Crippen LogP contribution in [-0.4, -0.2) is 154 Å². The summed E-state index contributed by atoms with van der Waals surface area (Å²) in [5.41, 5.74) is 7.89. The SMILES string of the molecule is CCc1cccc(-c2c(Cl)cccc2C(O)(CCCNC(=O)OC)[C@@H]2CCCN(C(=O)c3ccc(CNCCS(C)(=O)=O)cc3)C2)c1.CCc1cccc(-c2c(Cl)cccc2C(O)(CCCNC(=O)OC)[C@@H]2CCCN(C(=O)c3ccc(CNCCSC)cc3)C2)c1.OO. The molecule has 2 heterocycles. The van der Waals surface area contributed by atoms with E-state index >= 15 is 0 Å². The standard InChI is InChI=1S/C36H46ClN3O6S.C36H46ClN3O4S.H2O2/c1-4-26-9-5-10-29(23-26)33-31(12-6-13-32(33)37)36(43,18-8-19-39-35(42)46-2)30-11-7-21-40(25-30)34(41)28-16-14-27(15-17-28)24-38-20-22-47(3,44)45;1-4-26-9-5-10-29(23-26)33-31(12-6-13-32(33)37)36(43,18-8-19-39-35(42)44-2)30-11-7-21-40(25-30)34(41)28-16-14-27(15-17-28)24-38-20-22-45-3;1-2/h5-6,9-10,12-17,23,30,38,43H,4,7-8,11,18-22,24-25H2,1-3H3,(H,39,42);5-6,9-10,12-17,23,30,38,43H,4,7-8,11,18-22,24-25H2,1-3H3,(H,39,42);1-2H/t2*30-,36?;/m11./s1. The van der Waals surface area contributed by atoms with Gasteiger partial charge in [-0.2, -0.15) is 11.8 Å². The molecule has 2 aliphatic heterocycles. The maximum atomic E-state index is 13.8. The molecule has 8 rings (SSSR count). The number of nitrogens with one attached hydrogen (secondary N) is 4. The van der Waals surface area contributed by atoms with Crippen LogP contribution < -0.4 is 21.3 Å². The van der Waals surface area contributed by atoms with Crippen molar-refractivity contribution >= 4 is 68.8 Å². The number of hydrogen-bond donors (Lipinski definition) is 8. The monoisotopic (exact) mass is 1370 g/mol. The van der Waals surface area contributed by atoms with Crippen molar-refractivity contribution in [2.45, 2.75) is 102 Å². The van der Waals surface area contributed by atoms with Gasteiger partial charge in [0.15, 0.2) is 0 Å². The van der Waals surface area contributed by atoms with Gasteiger partial charge in [0.25, 0.3) is 11.8 Å². The van der Waals surface area contributed by atoms with Gasteiger partial charge in [0, 0.05) is 122 Å². The number of aryl methyl sites for hydroxylation is 2. The van der Waals surface area contributed by atoms with Gasteiger partial charge in [-0.1, -0.05) is 134 Å². The van der Waals surface area contributed by atoms with Gasteiger partial charge in [-0.15, -0.1) is 0 Å². The molecule has 2 saturated heterocycles. The lowest BCUT2D eigenvalue weighted by Crippen LogP contribution is -2.48. The second-order valence-electron chi connectivity index (χ2n) is 23.9. The molecule has 0 spiro atoms. The van der Waals surface area contributed by atoms with E-state index in [1.807, 2.05) is 119 Å². The largest absolute Gasteiger partial charge is 0.453 e. The third-order valence-electron chi connectivity index (χ3n) is 17.5. The minimum absolute atomic E-state index is 0.0294. The summed E-state index contributed by atoms with van der Waals surface area (Å²) < 4.78 is 32.2. The highest BCUT2D eigenvalue weighted by Crippen LogP contribution is 2.48. The molecule has 2 aliphatic rings. The molecular formula is C72H94Cl2N6O12S2. The number of aliphatic hydroxyl groups is 2. The molecule has 510 valence electrons. The Morgan fingerprint density at radius 3 is 1.37 bits per heavy atom. The molecular weight excluding hydrogens is 1280 g/mol. The van der Waals surface area contributed by atoms with Gasteiger partial charge in [0.1, 0.15) is 9.84 Å². The molecule has 0 bridgehead atoms. The summed E-state index contributed by atoms with van der Waals surface area (Å²) >= 11 is 15.6. The van der Waals surface area contributed by atoms with Crippen molar-refractivity contribution < 1.29 is 57.8 Å². The Hall–Kier alpha value is -6.56. The van der Waals surface area contributed by atoms with Crippen LogP contribution in [0, 0.1) is 11.8 Å². The van der Waals surface area contributed by atoms with Crippen molar-refractivity contribution in [2.75, 3.05) is 90.6 Å². The van der Waals surface area contributed by atoms with Gasteiger partial charge in [0.05, 0.1) is 31.2 Å². The van der Waals surface area contributed by atoms with E-state index in [1.54, 1.807) is 12.1 Å². The van der Waals surface area contributed by atoms with Gasteiger partial charge in [-0.05, 0) is 151 Å². The summed E-state index contributed by atoms with van der Waals surface area (Å²) in [5.74, 6) is 0.461. The number of methoxy groups -OCH3 is 2. The predicted molar refractivity (Wildman–Crippen MR) is 377 cm³/mol. The number of piperidine rings is 2. The molecule has 2 fully saturated rings. The molecule has 22 heteroatoms. The molecule has 4 atom stereocenters. The Morgan fingerprint density at radius 2 is 0.989 bits per heavy atom. The first-order chi connectivity index (χ1) is 45.2. The number of carbonyl (C=O) groups excluding carboxylic acids is 4. The van der Waals surface area contributed by atoms with Gasteiger partial charge in [-0.25, -0.2) is 18.0 Å². The number of amides is 4. The Morgan fingerprint density at radius 1 is 0.585 bits per heavy atom. The summed E-state index contributed by atoms with van der Waals surface area (Å²) in [6.45, 7) is 9.42. The zero-order valence-corrected chi connectivity index (χ0v) is 58.1. The Balaban J connectivity index is 0.000000291. The van der Waals surface area contributed by atoms with E-state index < -0.39 is 33.2 Å². The van der Waals surface area contributed by atoms with E-state index in [9.17, 15) is 37.8 Å². The summed E-state index contributed by atoms with van der Waals surface area (Å²) in [4.78, 5) is 54.7. The first-order valence-corrected chi connectivity index (χ1v) is 36.4. The van der Waals surface area contributed by atoms with Crippen LogP contribution in [0.3, 0.4) is 0 Å². The lowest BCUT2D eigenvalue weighted by atomic mass is 9.72. The van der Waals surface area contributed by atoms with Crippen LogP contribution >= 0.6 is 35.0 Å². The van der Waals surface area contributed by atoms with Crippen LogP contribution in [0.25, 0.3) is 22.3 Å². The summed E-state index contributed by atoms with van der Waals surface area (Å²) in [5, 5.41) is 50.7. The number of nitrogens with zero attached hydrogens (tertiary/aromatic N) is 2. The normalized spacial score (nSPS) is 16.0. The Labute approximate surface area is 569 Å². The number of halogens is 2. The van der Waals surface area contributed by atoms with Crippen LogP contribution in [0.2, 0.25) is 10.0 Å². The molecule has 6 aromatic rings. The van der Waals surface area contributed by atoms with Gasteiger partial charge in [0.2, 0.25) is 0 Å². The molecule has 8 N–H and O–H groups in total. The third kappa shape index (κ3) is 21.7. The lowest BCUT2D eigenvalue weighted by Gasteiger charge is -2.44. The minimum atomic E-state index is -3.03. The maximum absolute atomic E-state index is 13.8. The summed E-state index contributed by atoms with van der Waals surface area (Å²) in [6.07, 6.45) is 8.69. The van der Waals surface area contributed by atoms with Gasteiger partial charge < -0.3 is 50.8 Å². The number of benzene rings is 6. The highest BCUT2D eigenvalue weighted by molar-refractivity contribution is 7.98. The molecule has 4 amide bonds. The highest BCUT2D eigenvalue weighted by atomic mass is 35.5. The van der Waals surface area contributed by atoms with E-state index in [2.05, 4.69) is 65.6 Å². The van der Waals surface area contributed by atoms with Crippen molar-refractivity contribution in [3.8, 4) is 22.3 Å². The first-order valence-electron chi connectivity index (χ1n) is 32.1. The van der Waals surface area contributed by atoms with E-state index in [-0.39, 0.29) is 29.4 Å². The predicted octanol–water partition coefficient (Wildman–Crippen LogP) is 12.5. The van der Waals surface area contributed by atoms with E-state index in [4.69, 9.17) is 43.2 Å². The number of carbonyl (C=O) groups is 4. The number of ether oxygens (including phenoxy) is 2. The van der Waals surface area contributed by atoms with Crippen molar-refractivity contribution in [2.24, 2.45) is 11.8 Å². The van der Waals surface area contributed by atoms with Crippen LogP contribution in [0.5, 0.6) is 0 Å². The van der Waals surface area contributed by atoms with E-state index in [0.29, 0.717) is 111 Å². The number of hydrogen-bond acceptors (Lipinski definition) is 15. The number of rotatable bonds is 28. The molecule has 0 radical (unpaired) electrons. The Bertz CT molecular complexity index is 3510. The second-order valence-corrected chi connectivity index (χ2v) is 27.9. The zero-order chi connectivity index (χ0) is 68.3. The molecule has 94 heavy (non-hydrogen) atoms. The molecule has 0 saturated carbocycles. The van der Waals surface area contributed by atoms with Crippen molar-refractivity contribution in [3.63, 3.8) is 0 Å². The fourth-order valence-electron chi connectivity index (χ4n) is 12.5. The van der Waals surface area contributed by atoms with Crippen LogP contribution in [0.15, 0.2) is 133 Å². The molecule has 2 unspecified atom stereocenters. The third-order valence-corrected chi connectivity index (χ3v) is 19.7. The fourth-order valence-corrected chi connectivity index (χ4v) is 13.9. The van der Waals surface area contributed by atoms with Crippen molar-refractivity contribution in [1.82, 2.24) is 31.1 Å². The topological polar surface area (TPSA) is 256 Å². The summed E-state index contributed by atoms with van der Waals surface area (Å²) in [7, 11) is -0.387. The maximum Gasteiger partial charge on any atom is 0.406 e.